The summed E-state index contributed by atoms with van der Waals surface area (Å²) in [6.07, 6.45) is 3.58. The van der Waals surface area contributed by atoms with Crippen LogP contribution in [0, 0.1) is 10.1 Å². The maximum atomic E-state index is 11.3. The number of likely N-dealkylation sites (tertiary alicyclic amines) is 1. The standard InChI is InChI=1S/C13H16N4O3/c18-9-10-4-3-6-15(10)8-11-13(17(19)20)16-7-2-1-5-12(16)14-11/h1-2,5,7,10,18H,3-4,6,8-9H2/t10-/m1/s1. The summed E-state index contributed by atoms with van der Waals surface area (Å²) in [5, 5.41) is 20.6. The zero-order valence-electron chi connectivity index (χ0n) is 11.0. The first-order valence-corrected chi connectivity index (χ1v) is 6.66. The molecule has 3 rings (SSSR count). The van der Waals surface area contributed by atoms with Gasteiger partial charge in [0.1, 0.15) is 0 Å². The number of hydrogen-bond donors (Lipinski definition) is 1. The van der Waals surface area contributed by atoms with Gasteiger partial charge in [-0.2, -0.15) is 4.40 Å². The molecule has 1 aliphatic rings. The van der Waals surface area contributed by atoms with Gasteiger partial charge in [0.2, 0.25) is 5.65 Å². The lowest BCUT2D eigenvalue weighted by Crippen LogP contribution is -2.31. The Hall–Kier alpha value is -1.99. The maximum absolute atomic E-state index is 11.3. The summed E-state index contributed by atoms with van der Waals surface area (Å²) in [5.41, 5.74) is 1.04. The Bertz CT molecular complexity index is 640. The summed E-state index contributed by atoms with van der Waals surface area (Å²) in [6.45, 7) is 1.33. The third-order valence-electron chi connectivity index (χ3n) is 3.81. The fourth-order valence-corrected chi connectivity index (χ4v) is 2.83. The van der Waals surface area contributed by atoms with Crippen LogP contribution in [-0.4, -0.2) is 43.5 Å². The minimum atomic E-state index is -0.390. The van der Waals surface area contributed by atoms with E-state index in [0.29, 0.717) is 17.9 Å². The SMILES string of the molecule is O=[N+]([O-])c1c(CN2CCC[C@@H]2CO)nc2ccccn12. The summed E-state index contributed by atoms with van der Waals surface area (Å²) >= 11 is 0. The van der Waals surface area contributed by atoms with Crippen molar-refractivity contribution >= 4 is 11.5 Å². The Kier molecular flexibility index (Phi) is 3.37. The third kappa shape index (κ3) is 2.14. The minimum absolute atomic E-state index is 0.0178. The van der Waals surface area contributed by atoms with Crippen LogP contribution in [0.2, 0.25) is 0 Å². The van der Waals surface area contributed by atoms with Crippen molar-refractivity contribution in [3.8, 4) is 0 Å². The highest BCUT2D eigenvalue weighted by Crippen LogP contribution is 2.25. The number of aromatic nitrogens is 2. The number of nitro groups is 1. The van der Waals surface area contributed by atoms with E-state index in [9.17, 15) is 15.2 Å². The van der Waals surface area contributed by atoms with Crippen molar-refractivity contribution in [1.29, 1.82) is 0 Å². The molecule has 2 aromatic heterocycles. The molecule has 106 valence electrons. The van der Waals surface area contributed by atoms with E-state index in [4.69, 9.17) is 0 Å². The van der Waals surface area contributed by atoms with Crippen molar-refractivity contribution in [3.05, 3.63) is 40.2 Å². The number of aliphatic hydroxyl groups is 1. The zero-order chi connectivity index (χ0) is 14.1. The average molecular weight is 276 g/mol. The van der Waals surface area contributed by atoms with Gasteiger partial charge < -0.3 is 15.2 Å². The Labute approximate surface area is 115 Å². The monoisotopic (exact) mass is 276 g/mol. The first kappa shape index (κ1) is 13.0. The van der Waals surface area contributed by atoms with Crippen LogP contribution < -0.4 is 0 Å². The summed E-state index contributed by atoms with van der Waals surface area (Å²) in [4.78, 5) is 17.3. The van der Waals surface area contributed by atoms with Crippen LogP contribution in [-0.2, 0) is 6.54 Å². The van der Waals surface area contributed by atoms with E-state index in [1.54, 1.807) is 18.3 Å². The number of hydrogen-bond acceptors (Lipinski definition) is 5. The summed E-state index contributed by atoms with van der Waals surface area (Å²) in [6, 6.07) is 5.39. The lowest BCUT2D eigenvalue weighted by molar-refractivity contribution is -0.391. The lowest BCUT2D eigenvalue weighted by Gasteiger charge is -2.21. The molecule has 0 aromatic carbocycles. The number of fused-ring (bicyclic) bond motifs is 1. The van der Waals surface area contributed by atoms with E-state index in [1.807, 2.05) is 6.07 Å². The van der Waals surface area contributed by atoms with E-state index in [0.717, 1.165) is 19.4 Å². The van der Waals surface area contributed by atoms with Crippen molar-refractivity contribution in [2.75, 3.05) is 13.2 Å². The zero-order valence-corrected chi connectivity index (χ0v) is 11.0. The molecule has 2 aromatic rings. The smallest absolute Gasteiger partial charge is 0.352 e. The first-order valence-electron chi connectivity index (χ1n) is 6.66. The molecule has 0 aliphatic carbocycles. The van der Waals surface area contributed by atoms with Crippen LogP contribution in [0.5, 0.6) is 0 Å². The second kappa shape index (κ2) is 5.18. The van der Waals surface area contributed by atoms with E-state index in [-0.39, 0.29) is 23.4 Å². The molecular formula is C13H16N4O3. The second-order valence-electron chi connectivity index (χ2n) is 5.02. The highest BCUT2D eigenvalue weighted by Gasteiger charge is 2.29. The number of nitrogens with zero attached hydrogens (tertiary/aromatic N) is 4. The highest BCUT2D eigenvalue weighted by atomic mass is 16.6. The molecule has 3 heterocycles. The fourth-order valence-electron chi connectivity index (χ4n) is 2.83. The molecular weight excluding hydrogens is 260 g/mol. The predicted molar refractivity (Wildman–Crippen MR) is 72.4 cm³/mol. The Balaban J connectivity index is 1.98. The fraction of sp³-hybridized carbons (Fsp3) is 0.462. The topological polar surface area (TPSA) is 83.9 Å². The van der Waals surface area contributed by atoms with Crippen molar-refractivity contribution < 1.29 is 10.0 Å². The molecule has 0 saturated carbocycles. The minimum Gasteiger partial charge on any atom is -0.395 e. The molecule has 0 spiro atoms. The van der Waals surface area contributed by atoms with E-state index < -0.39 is 0 Å². The van der Waals surface area contributed by atoms with Crippen molar-refractivity contribution in [2.24, 2.45) is 0 Å². The van der Waals surface area contributed by atoms with Crippen LogP contribution in [0.1, 0.15) is 18.5 Å². The molecule has 7 heteroatoms. The number of rotatable bonds is 4. The molecule has 1 fully saturated rings. The number of pyridine rings is 1. The molecule has 1 aliphatic heterocycles. The molecule has 1 N–H and O–H groups in total. The second-order valence-corrected chi connectivity index (χ2v) is 5.02. The van der Waals surface area contributed by atoms with Crippen LogP contribution in [0.25, 0.3) is 5.65 Å². The van der Waals surface area contributed by atoms with Crippen molar-refractivity contribution in [2.45, 2.75) is 25.4 Å². The van der Waals surface area contributed by atoms with Gasteiger partial charge in [-0.1, -0.05) is 6.07 Å². The van der Waals surface area contributed by atoms with Crippen LogP contribution in [0.15, 0.2) is 24.4 Å². The van der Waals surface area contributed by atoms with Gasteiger partial charge >= 0.3 is 5.82 Å². The maximum Gasteiger partial charge on any atom is 0.352 e. The van der Waals surface area contributed by atoms with Gasteiger partial charge in [0.25, 0.3) is 0 Å². The Morgan fingerprint density at radius 3 is 3.10 bits per heavy atom. The molecule has 0 radical (unpaired) electrons. The van der Waals surface area contributed by atoms with E-state index >= 15 is 0 Å². The van der Waals surface area contributed by atoms with Crippen molar-refractivity contribution in [3.63, 3.8) is 0 Å². The quantitative estimate of drug-likeness (QED) is 0.670. The average Bonchev–Trinajstić information content (AvgIpc) is 3.02. The first-order chi connectivity index (χ1) is 9.70. The van der Waals surface area contributed by atoms with Gasteiger partial charge in [0, 0.05) is 18.7 Å². The number of aliphatic hydroxyl groups excluding tert-OH is 1. The molecule has 0 unspecified atom stereocenters. The largest absolute Gasteiger partial charge is 0.395 e. The van der Waals surface area contributed by atoms with Gasteiger partial charge in [-0.3, -0.25) is 4.90 Å². The van der Waals surface area contributed by atoms with Crippen LogP contribution >= 0.6 is 0 Å². The molecule has 1 saturated heterocycles. The summed E-state index contributed by atoms with van der Waals surface area (Å²) in [7, 11) is 0. The third-order valence-corrected chi connectivity index (χ3v) is 3.81. The summed E-state index contributed by atoms with van der Waals surface area (Å²) < 4.78 is 1.50. The van der Waals surface area contributed by atoms with Crippen molar-refractivity contribution in [1.82, 2.24) is 14.3 Å². The molecule has 0 amide bonds. The van der Waals surface area contributed by atoms with Gasteiger partial charge in [-0.15, -0.1) is 0 Å². The molecule has 7 nitrogen and oxygen atoms in total. The Morgan fingerprint density at radius 1 is 1.50 bits per heavy atom. The Morgan fingerprint density at radius 2 is 2.35 bits per heavy atom. The van der Waals surface area contributed by atoms with E-state index in [1.165, 1.54) is 4.40 Å². The van der Waals surface area contributed by atoms with Gasteiger partial charge in [0.15, 0.2) is 5.69 Å². The number of imidazole rings is 1. The van der Waals surface area contributed by atoms with Gasteiger partial charge in [0.05, 0.1) is 12.8 Å². The lowest BCUT2D eigenvalue weighted by atomic mass is 10.2. The van der Waals surface area contributed by atoms with E-state index in [2.05, 4.69) is 9.88 Å². The molecule has 1 atom stereocenters. The van der Waals surface area contributed by atoms with Crippen LogP contribution in [0.4, 0.5) is 5.82 Å². The molecule has 20 heavy (non-hydrogen) atoms. The molecule has 0 bridgehead atoms. The van der Waals surface area contributed by atoms with Gasteiger partial charge in [-0.25, -0.2) is 4.98 Å². The predicted octanol–water partition coefficient (Wildman–Crippen LogP) is 1.20. The summed E-state index contributed by atoms with van der Waals surface area (Å²) in [5.74, 6) is 0.0178. The van der Waals surface area contributed by atoms with Gasteiger partial charge in [-0.05, 0) is 30.4 Å². The van der Waals surface area contributed by atoms with Crippen LogP contribution in [0.3, 0.4) is 0 Å². The normalized spacial score (nSPS) is 19.8. The highest BCUT2D eigenvalue weighted by molar-refractivity contribution is 5.48.